The van der Waals surface area contributed by atoms with Gasteiger partial charge in [0.1, 0.15) is 0 Å². The summed E-state index contributed by atoms with van der Waals surface area (Å²) in [6, 6.07) is 5.67. The molecule has 2 N–H and O–H groups in total. The Kier molecular flexibility index (Phi) is 4.81. The van der Waals surface area contributed by atoms with E-state index in [4.69, 9.17) is 5.73 Å². The standard InChI is InChI=1S/C13H16Br2N2O/c14-10-1-2-12(15)11(7-10)13(18)17-5-3-9(8-16)4-6-17/h1-2,7,9H,3-6,8,16H2. The number of rotatable bonds is 2. The van der Waals surface area contributed by atoms with Crippen LogP contribution in [-0.2, 0) is 0 Å². The summed E-state index contributed by atoms with van der Waals surface area (Å²) in [5.41, 5.74) is 6.38. The largest absolute Gasteiger partial charge is 0.339 e. The van der Waals surface area contributed by atoms with Crippen molar-refractivity contribution in [2.45, 2.75) is 12.8 Å². The minimum atomic E-state index is 0.0960. The molecule has 0 unspecified atom stereocenters. The highest BCUT2D eigenvalue weighted by Crippen LogP contribution is 2.25. The SMILES string of the molecule is NCC1CCN(C(=O)c2cc(Br)ccc2Br)CC1. The van der Waals surface area contributed by atoms with E-state index in [1.807, 2.05) is 23.1 Å². The minimum Gasteiger partial charge on any atom is -0.339 e. The lowest BCUT2D eigenvalue weighted by Gasteiger charge is -2.31. The van der Waals surface area contributed by atoms with Crippen LogP contribution in [0.25, 0.3) is 0 Å². The third kappa shape index (κ3) is 3.13. The van der Waals surface area contributed by atoms with Gasteiger partial charge in [-0.15, -0.1) is 0 Å². The van der Waals surface area contributed by atoms with E-state index >= 15 is 0 Å². The molecule has 98 valence electrons. The van der Waals surface area contributed by atoms with Gasteiger partial charge in [-0.1, -0.05) is 15.9 Å². The summed E-state index contributed by atoms with van der Waals surface area (Å²) in [7, 11) is 0. The molecule has 1 fully saturated rings. The van der Waals surface area contributed by atoms with Crippen LogP contribution in [0, 0.1) is 5.92 Å². The van der Waals surface area contributed by atoms with Crippen molar-refractivity contribution >= 4 is 37.8 Å². The van der Waals surface area contributed by atoms with Gasteiger partial charge in [0, 0.05) is 22.0 Å². The number of carbonyl (C=O) groups is 1. The van der Waals surface area contributed by atoms with Crippen LogP contribution in [-0.4, -0.2) is 30.4 Å². The lowest BCUT2D eigenvalue weighted by Crippen LogP contribution is -2.40. The molecule has 1 aliphatic heterocycles. The molecule has 0 radical (unpaired) electrons. The summed E-state index contributed by atoms with van der Waals surface area (Å²) >= 11 is 6.84. The third-order valence-corrected chi connectivity index (χ3v) is 4.58. The Labute approximate surface area is 124 Å². The van der Waals surface area contributed by atoms with Gasteiger partial charge >= 0.3 is 0 Å². The molecular formula is C13H16Br2N2O. The molecule has 0 aliphatic carbocycles. The van der Waals surface area contributed by atoms with Crippen molar-refractivity contribution in [1.29, 1.82) is 0 Å². The lowest BCUT2D eigenvalue weighted by atomic mass is 9.96. The predicted molar refractivity (Wildman–Crippen MR) is 79.5 cm³/mol. The van der Waals surface area contributed by atoms with E-state index < -0.39 is 0 Å². The van der Waals surface area contributed by atoms with Crippen molar-refractivity contribution in [3.63, 3.8) is 0 Å². The van der Waals surface area contributed by atoms with E-state index in [1.165, 1.54) is 0 Å². The maximum atomic E-state index is 12.4. The molecule has 1 heterocycles. The quantitative estimate of drug-likeness (QED) is 0.863. The Balaban J connectivity index is 2.10. The molecule has 0 atom stereocenters. The number of hydrogen-bond donors (Lipinski definition) is 1. The first kappa shape index (κ1) is 14.0. The fraction of sp³-hybridized carbons (Fsp3) is 0.462. The Bertz CT molecular complexity index is 443. The Morgan fingerprint density at radius 1 is 1.33 bits per heavy atom. The lowest BCUT2D eigenvalue weighted by molar-refractivity contribution is 0.0692. The molecule has 5 heteroatoms. The van der Waals surface area contributed by atoms with Gasteiger partial charge in [0.05, 0.1) is 5.56 Å². The molecule has 0 spiro atoms. The third-order valence-electron chi connectivity index (χ3n) is 3.39. The van der Waals surface area contributed by atoms with Gasteiger partial charge in [0.25, 0.3) is 5.91 Å². The summed E-state index contributed by atoms with van der Waals surface area (Å²) < 4.78 is 1.77. The summed E-state index contributed by atoms with van der Waals surface area (Å²) in [5, 5.41) is 0. The van der Waals surface area contributed by atoms with Gasteiger partial charge in [-0.3, -0.25) is 4.79 Å². The molecular weight excluding hydrogens is 360 g/mol. The van der Waals surface area contributed by atoms with Gasteiger partial charge in [-0.2, -0.15) is 0 Å². The highest BCUT2D eigenvalue weighted by molar-refractivity contribution is 9.11. The van der Waals surface area contributed by atoms with Crippen LogP contribution in [0.15, 0.2) is 27.1 Å². The van der Waals surface area contributed by atoms with Crippen LogP contribution in [0.2, 0.25) is 0 Å². The maximum absolute atomic E-state index is 12.4. The molecule has 1 amide bonds. The molecule has 2 rings (SSSR count). The Hall–Kier alpha value is -0.390. The normalized spacial score (nSPS) is 16.9. The maximum Gasteiger partial charge on any atom is 0.255 e. The van der Waals surface area contributed by atoms with Crippen LogP contribution in [0.1, 0.15) is 23.2 Å². The second-order valence-corrected chi connectivity index (χ2v) is 6.37. The van der Waals surface area contributed by atoms with Crippen LogP contribution in [0.5, 0.6) is 0 Å². The number of halogens is 2. The van der Waals surface area contributed by atoms with Gasteiger partial charge in [-0.25, -0.2) is 0 Å². The molecule has 1 aliphatic rings. The number of nitrogens with zero attached hydrogens (tertiary/aromatic N) is 1. The number of benzene rings is 1. The molecule has 1 saturated heterocycles. The van der Waals surface area contributed by atoms with Crippen LogP contribution < -0.4 is 5.73 Å². The molecule has 0 aromatic heterocycles. The molecule has 1 aromatic carbocycles. The number of carbonyl (C=O) groups excluding carboxylic acids is 1. The highest BCUT2D eigenvalue weighted by Gasteiger charge is 2.24. The van der Waals surface area contributed by atoms with Crippen molar-refractivity contribution in [2.24, 2.45) is 11.7 Å². The fourth-order valence-corrected chi connectivity index (χ4v) is 2.98. The topological polar surface area (TPSA) is 46.3 Å². The molecule has 3 nitrogen and oxygen atoms in total. The predicted octanol–water partition coefficient (Wildman–Crippen LogP) is 3.02. The number of hydrogen-bond acceptors (Lipinski definition) is 2. The summed E-state index contributed by atoms with van der Waals surface area (Å²) in [6.45, 7) is 2.34. The van der Waals surface area contributed by atoms with E-state index in [0.29, 0.717) is 5.92 Å². The van der Waals surface area contributed by atoms with Crippen molar-refractivity contribution < 1.29 is 4.79 Å². The van der Waals surface area contributed by atoms with Crippen molar-refractivity contribution in [2.75, 3.05) is 19.6 Å². The molecule has 1 aromatic rings. The molecule has 0 bridgehead atoms. The minimum absolute atomic E-state index is 0.0960. The second-order valence-electron chi connectivity index (χ2n) is 4.60. The summed E-state index contributed by atoms with van der Waals surface area (Å²) in [6.07, 6.45) is 2.02. The first-order chi connectivity index (χ1) is 8.61. The van der Waals surface area contributed by atoms with E-state index in [9.17, 15) is 4.79 Å². The number of piperidine rings is 1. The van der Waals surface area contributed by atoms with Gasteiger partial charge in [0.2, 0.25) is 0 Å². The number of amides is 1. The number of likely N-dealkylation sites (tertiary alicyclic amines) is 1. The zero-order valence-electron chi connectivity index (χ0n) is 10.0. The van der Waals surface area contributed by atoms with Crippen molar-refractivity contribution in [1.82, 2.24) is 4.90 Å². The summed E-state index contributed by atoms with van der Waals surface area (Å²) in [4.78, 5) is 14.3. The van der Waals surface area contributed by atoms with E-state index in [0.717, 1.165) is 47.0 Å². The summed E-state index contributed by atoms with van der Waals surface area (Å²) in [5.74, 6) is 0.665. The van der Waals surface area contributed by atoms with Gasteiger partial charge in [-0.05, 0) is 59.4 Å². The van der Waals surface area contributed by atoms with Crippen LogP contribution >= 0.6 is 31.9 Å². The van der Waals surface area contributed by atoms with E-state index in [-0.39, 0.29) is 5.91 Å². The van der Waals surface area contributed by atoms with E-state index in [1.54, 1.807) is 0 Å². The number of nitrogens with two attached hydrogens (primary N) is 1. The van der Waals surface area contributed by atoms with Gasteiger partial charge in [0.15, 0.2) is 0 Å². The molecule has 0 saturated carbocycles. The second kappa shape index (κ2) is 6.17. The zero-order valence-corrected chi connectivity index (χ0v) is 13.2. The van der Waals surface area contributed by atoms with Crippen molar-refractivity contribution in [3.05, 3.63) is 32.7 Å². The van der Waals surface area contributed by atoms with Crippen LogP contribution in [0.3, 0.4) is 0 Å². The Morgan fingerprint density at radius 2 is 2.00 bits per heavy atom. The first-order valence-electron chi connectivity index (χ1n) is 6.06. The van der Waals surface area contributed by atoms with Crippen LogP contribution in [0.4, 0.5) is 0 Å². The van der Waals surface area contributed by atoms with Crippen molar-refractivity contribution in [3.8, 4) is 0 Å². The Morgan fingerprint density at radius 3 is 2.61 bits per heavy atom. The monoisotopic (exact) mass is 374 g/mol. The molecule has 18 heavy (non-hydrogen) atoms. The first-order valence-corrected chi connectivity index (χ1v) is 7.65. The smallest absolute Gasteiger partial charge is 0.255 e. The fourth-order valence-electron chi connectivity index (χ4n) is 2.20. The average molecular weight is 376 g/mol. The van der Waals surface area contributed by atoms with Gasteiger partial charge < -0.3 is 10.6 Å². The van der Waals surface area contributed by atoms with E-state index in [2.05, 4.69) is 31.9 Å². The average Bonchev–Trinajstić information content (AvgIpc) is 2.41. The highest BCUT2D eigenvalue weighted by atomic mass is 79.9. The zero-order chi connectivity index (χ0) is 13.1.